The zero-order chi connectivity index (χ0) is 5.98. The summed E-state index contributed by atoms with van der Waals surface area (Å²) < 4.78 is 7.33. The minimum Gasteiger partial charge on any atom is -0.575 e. The Morgan fingerprint density at radius 3 is 3.00 bits per heavy atom. The second-order valence-electron chi connectivity index (χ2n) is 1.08. The molecule has 42 valence electrons. The van der Waals surface area contributed by atoms with Crippen molar-refractivity contribution in [1.29, 1.82) is 0 Å². The third-order valence-corrected chi connectivity index (χ3v) is 1.20. The van der Waals surface area contributed by atoms with Crippen LogP contribution in [0.25, 0.3) is 0 Å². The third kappa shape index (κ3) is 1.12. The summed E-state index contributed by atoms with van der Waals surface area (Å²) in [6, 6.07) is 1.11. The lowest BCUT2D eigenvalue weighted by Crippen LogP contribution is -2.02. The Hall–Kier alpha value is -0.730. The summed E-state index contributed by atoms with van der Waals surface area (Å²) in [6.07, 6.45) is 1.08. The highest BCUT2D eigenvalue weighted by Crippen LogP contribution is 2.02. The molecule has 0 aliphatic heterocycles. The molecule has 0 bridgehead atoms. The molecule has 0 aliphatic rings. The van der Waals surface area contributed by atoms with Crippen LogP contribution in [0.15, 0.2) is 21.3 Å². The van der Waals surface area contributed by atoms with Crippen molar-refractivity contribution in [3.63, 3.8) is 0 Å². The lowest BCUT2D eigenvalue weighted by Gasteiger charge is -1.76. The number of rotatable bonds is 0. The largest absolute Gasteiger partial charge is 0.575 e. The van der Waals surface area contributed by atoms with Gasteiger partial charge in [-0.15, -0.1) is 0 Å². The molecule has 5 heteroatoms. The Balaban J connectivity index is 3.28. The molecule has 1 aromatic rings. The van der Waals surface area contributed by atoms with E-state index in [9.17, 15) is 9.69 Å². The van der Waals surface area contributed by atoms with Gasteiger partial charge in [-0.05, 0) is 0 Å². The maximum absolute atomic E-state index is 10.2. The van der Waals surface area contributed by atoms with Gasteiger partial charge in [-0.25, -0.2) is 0 Å². The van der Waals surface area contributed by atoms with Gasteiger partial charge in [0.15, 0.2) is 6.26 Å². The van der Waals surface area contributed by atoms with E-state index < -0.39 is 13.7 Å². The fourth-order valence-corrected chi connectivity index (χ4v) is 0.718. The summed E-state index contributed by atoms with van der Waals surface area (Å²) in [5, 5.41) is 0. The molecule has 0 aliphatic carbocycles. The molecule has 1 unspecified atom stereocenters. The van der Waals surface area contributed by atoms with Crippen molar-refractivity contribution in [1.82, 2.24) is 4.75 Å². The number of hydrogen-bond acceptors (Lipinski definition) is 4. The Bertz CT molecular complexity index is 232. The molecule has 0 saturated heterocycles. The summed E-state index contributed by atoms with van der Waals surface area (Å²) in [5.74, 6) is 0. The van der Waals surface area contributed by atoms with E-state index >= 15 is 0 Å². The third-order valence-electron chi connectivity index (χ3n) is 0.542. The second-order valence-corrected chi connectivity index (χ2v) is 1.97. The first-order valence-corrected chi connectivity index (χ1v) is 2.98. The van der Waals surface area contributed by atoms with Crippen molar-refractivity contribution in [2.24, 2.45) is 0 Å². The monoisotopic (exact) mass is 131 g/mol. The number of aromatic nitrogens is 1. The summed E-state index contributed by atoms with van der Waals surface area (Å²) in [7, 11) is -2.09. The predicted octanol–water partition coefficient (Wildman–Crippen LogP) is -0.574. The van der Waals surface area contributed by atoms with E-state index in [2.05, 4.69) is 8.94 Å². The minimum atomic E-state index is -2.09. The maximum atomic E-state index is 10.2. The molecule has 0 spiro atoms. The van der Waals surface area contributed by atoms with Crippen molar-refractivity contribution in [3.8, 4) is 0 Å². The Morgan fingerprint density at radius 1 is 1.88 bits per heavy atom. The van der Waals surface area contributed by atoms with Crippen LogP contribution in [0.2, 0.25) is 0 Å². The Labute approximate surface area is 45.7 Å². The standard InChI is InChI=1S/C3H2NO3P/c5-3-1-2-7-8(6)4-3/h1-2H. The first-order chi connectivity index (χ1) is 3.79. The quantitative estimate of drug-likeness (QED) is 0.472. The molecule has 4 nitrogen and oxygen atoms in total. The highest BCUT2D eigenvalue weighted by atomic mass is 31.1. The van der Waals surface area contributed by atoms with E-state index in [4.69, 9.17) is 0 Å². The van der Waals surface area contributed by atoms with E-state index in [1.807, 2.05) is 0 Å². The van der Waals surface area contributed by atoms with Gasteiger partial charge in [0.1, 0.15) is 0 Å². The number of hydrogen-bond donors (Lipinski definition) is 0. The van der Waals surface area contributed by atoms with E-state index in [0.29, 0.717) is 0 Å². The molecular weight excluding hydrogens is 129 g/mol. The van der Waals surface area contributed by atoms with Crippen LogP contribution in [0.1, 0.15) is 0 Å². The van der Waals surface area contributed by atoms with Gasteiger partial charge >= 0.3 is 13.7 Å². The molecular formula is C3H2NO3P. The van der Waals surface area contributed by atoms with Crippen molar-refractivity contribution >= 4 is 8.16 Å². The molecule has 1 atom stereocenters. The van der Waals surface area contributed by atoms with Gasteiger partial charge in [0.25, 0.3) is 0 Å². The molecule has 0 fully saturated rings. The summed E-state index contributed by atoms with van der Waals surface area (Å²) in [6.45, 7) is 0. The SMILES string of the molecule is O=c1cco[p+]([O-])n1. The Morgan fingerprint density at radius 2 is 2.62 bits per heavy atom. The van der Waals surface area contributed by atoms with Crippen LogP contribution in [-0.2, 0) is 0 Å². The first-order valence-electron chi connectivity index (χ1n) is 1.85. The average molecular weight is 131 g/mol. The molecule has 0 radical (unpaired) electrons. The minimum absolute atomic E-state index is 0.502. The highest BCUT2D eigenvalue weighted by molar-refractivity contribution is 7.30. The number of nitrogens with zero attached hydrogens (tertiary/aromatic N) is 1. The molecule has 8 heavy (non-hydrogen) atoms. The molecule has 0 amide bonds. The van der Waals surface area contributed by atoms with Crippen molar-refractivity contribution in [2.45, 2.75) is 0 Å². The van der Waals surface area contributed by atoms with Gasteiger partial charge in [0.05, 0.1) is 0 Å². The van der Waals surface area contributed by atoms with Crippen LogP contribution >= 0.6 is 8.16 Å². The van der Waals surface area contributed by atoms with Crippen LogP contribution in [0.3, 0.4) is 0 Å². The van der Waals surface area contributed by atoms with E-state index in [1.165, 1.54) is 0 Å². The van der Waals surface area contributed by atoms with Gasteiger partial charge in [-0.3, -0.25) is 8.99 Å². The van der Waals surface area contributed by atoms with Crippen molar-refractivity contribution in [2.75, 3.05) is 0 Å². The zero-order valence-corrected chi connectivity index (χ0v) is 4.67. The lowest BCUT2D eigenvalue weighted by atomic mass is 10.7. The maximum Gasteiger partial charge on any atom is 0.402 e. The first kappa shape index (κ1) is 5.41. The summed E-state index contributed by atoms with van der Waals surface area (Å²) >= 11 is 0. The van der Waals surface area contributed by atoms with Crippen LogP contribution in [-0.4, -0.2) is 4.75 Å². The summed E-state index contributed by atoms with van der Waals surface area (Å²) in [4.78, 5) is 20.3. The van der Waals surface area contributed by atoms with Gasteiger partial charge in [0, 0.05) is 10.8 Å². The van der Waals surface area contributed by atoms with Gasteiger partial charge in [-0.1, -0.05) is 0 Å². The molecule has 0 N–H and O–H groups in total. The van der Waals surface area contributed by atoms with E-state index in [-0.39, 0.29) is 0 Å². The van der Waals surface area contributed by atoms with E-state index in [0.717, 1.165) is 12.3 Å². The van der Waals surface area contributed by atoms with Crippen LogP contribution < -0.4 is 10.5 Å². The summed E-state index contributed by atoms with van der Waals surface area (Å²) in [5.41, 5.74) is -0.502. The molecule has 1 aromatic heterocycles. The normalized spacial score (nSPS) is 11.4. The van der Waals surface area contributed by atoms with Gasteiger partial charge in [0.2, 0.25) is 0 Å². The molecule has 1 rings (SSSR count). The smallest absolute Gasteiger partial charge is 0.402 e. The van der Waals surface area contributed by atoms with Crippen LogP contribution in [0.5, 0.6) is 0 Å². The lowest BCUT2D eigenvalue weighted by molar-refractivity contribution is -0.163. The Kier molecular flexibility index (Phi) is 1.37. The molecule has 0 saturated carbocycles. The molecule has 0 aromatic carbocycles. The fraction of sp³-hybridized carbons (Fsp3) is 0. The fourth-order valence-electron chi connectivity index (χ4n) is 0.278. The predicted molar refractivity (Wildman–Crippen MR) is 25.3 cm³/mol. The van der Waals surface area contributed by atoms with Crippen LogP contribution in [0.4, 0.5) is 0 Å². The van der Waals surface area contributed by atoms with E-state index in [1.54, 1.807) is 0 Å². The topological polar surface area (TPSA) is 66.2 Å². The van der Waals surface area contributed by atoms with Crippen LogP contribution in [0, 0.1) is 0 Å². The highest BCUT2D eigenvalue weighted by Gasteiger charge is 1.92. The molecule has 1 heterocycles. The average Bonchev–Trinajstić information content (AvgIpc) is 1.64. The van der Waals surface area contributed by atoms with Crippen molar-refractivity contribution < 1.29 is 9.09 Å². The second kappa shape index (κ2) is 2.03. The zero-order valence-electron chi connectivity index (χ0n) is 3.77. The van der Waals surface area contributed by atoms with Gasteiger partial charge in [-0.2, -0.15) is 0 Å². The van der Waals surface area contributed by atoms with Crippen molar-refractivity contribution in [3.05, 3.63) is 22.7 Å². The van der Waals surface area contributed by atoms with Gasteiger partial charge < -0.3 is 4.89 Å².